The highest BCUT2D eigenvalue weighted by Crippen LogP contribution is 2.24. The van der Waals surface area contributed by atoms with E-state index in [4.69, 9.17) is 0 Å². The van der Waals surface area contributed by atoms with Crippen molar-refractivity contribution in [1.82, 2.24) is 25.1 Å². The Labute approximate surface area is 137 Å². The van der Waals surface area contributed by atoms with Crippen molar-refractivity contribution in [3.05, 3.63) is 35.4 Å². The van der Waals surface area contributed by atoms with Crippen LogP contribution in [0.4, 0.5) is 10.5 Å². The van der Waals surface area contributed by atoms with Crippen LogP contribution in [0.2, 0.25) is 0 Å². The summed E-state index contributed by atoms with van der Waals surface area (Å²) in [7, 11) is 0. The first-order valence-electron chi connectivity index (χ1n) is 7.44. The zero-order chi connectivity index (χ0) is 16.2. The minimum absolute atomic E-state index is 0.229. The van der Waals surface area contributed by atoms with E-state index in [0.717, 1.165) is 33.3 Å². The minimum atomic E-state index is -0.229. The summed E-state index contributed by atoms with van der Waals surface area (Å²) in [4.78, 5) is 16.4. The first-order valence-corrected chi connectivity index (χ1v) is 8.26. The summed E-state index contributed by atoms with van der Waals surface area (Å²) >= 11 is 1.61. The fraction of sp³-hybridized carbons (Fsp3) is 0.333. The number of aromatic nitrogens is 4. The molecule has 2 amide bonds. The van der Waals surface area contributed by atoms with Gasteiger partial charge in [0.25, 0.3) is 0 Å². The number of hydrogen-bond donors (Lipinski definition) is 2. The lowest BCUT2D eigenvalue weighted by Gasteiger charge is -2.08. The summed E-state index contributed by atoms with van der Waals surface area (Å²) < 4.78 is 3.02. The molecule has 2 heterocycles. The van der Waals surface area contributed by atoms with Crippen molar-refractivity contribution in [3.63, 3.8) is 0 Å². The Bertz CT molecular complexity index is 824. The normalized spacial score (nSPS) is 10.9. The molecule has 3 aromatic rings. The quantitative estimate of drug-likeness (QED) is 0.753. The maximum absolute atomic E-state index is 12.0. The Morgan fingerprint density at radius 3 is 3.09 bits per heavy atom. The van der Waals surface area contributed by atoms with Crippen molar-refractivity contribution in [3.8, 4) is 0 Å². The van der Waals surface area contributed by atoms with E-state index < -0.39 is 0 Å². The number of nitrogens with zero attached hydrogens (tertiary/aromatic N) is 4. The lowest BCUT2D eigenvalue weighted by Crippen LogP contribution is -2.30. The highest BCUT2D eigenvalue weighted by atomic mass is 32.1. The maximum atomic E-state index is 12.0. The number of urea groups is 1. The molecule has 23 heavy (non-hydrogen) atoms. The molecule has 0 atom stereocenters. The summed E-state index contributed by atoms with van der Waals surface area (Å²) in [5.41, 5.74) is 1.72. The molecular weight excluding hydrogens is 312 g/mol. The van der Waals surface area contributed by atoms with Crippen LogP contribution in [0.5, 0.6) is 0 Å². The summed E-state index contributed by atoms with van der Waals surface area (Å²) in [6.45, 7) is 5.33. The molecule has 2 aromatic heterocycles. The zero-order valence-corrected chi connectivity index (χ0v) is 13.9. The molecule has 0 bridgehead atoms. The number of nitrogens with one attached hydrogen (secondary N) is 2. The number of carbonyl (C=O) groups excluding carboxylic acids is 1. The average Bonchev–Trinajstić information content (AvgIpc) is 3.11. The number of anilines is 1. The zero-order valence-electron chi connectivity index (χ0n) is 13.0. The van der Waals surface area contributed by atoms with Gasteiger partial charge in [0.1, 0.15) is 12.2 Å². The second-order valence-electron chi connectivity index (χ2n) is 5.08. The van der Waals surface area contributed by atoms with Gasteiger partial charge in [0.05, 0.1) is 15.2 Å². The fourth-order valence-electron chi connectivity index (χ4n) is 2.32. The third kappa shape index (κ3) is 3.65. The Balaban J connectivity index is 1.54. The summed E-state index contributed by atoms with van der Waals surface area (Å²) in [6, 6.07) is 5.48. The van der Waals surface area contributed by atoms with Gasteiger partial charge in [0.15, 0.2) is 0 Å². The summed E-state index contributed by atoms with van der Waals surface area (Å²) in [6.07, 6.45) is 2.34. The van der Waals surface area contributed by atoms with Crippen LogP contribution >= 0.6 is 11.3 Å². The molecule has 120 valence electrons. The number of aryl methyl sites for hydroxylation is 2. The molecule has 0 aliphatic rings. The topological polar surface area (TPSA) is 84.7 Å². The predicted octanol–water partition coefficient (Wildman–Crippen LogP) is 2.58. The number of benzene rings is 1. The molecule has 2 N–H and O–H groups in total. The maximum Gasteiger partial charge on any atom is 0.319 e. The van der Waals surface area contributed by atoms with E-state index in [1.807, 2.05) is 36.6 Å². The minimum Gasteiger partial charge on any atom is -0.337 e. The standard InChI is InChI=1S/C15H18N6OS/c1-3-21-9-17-20-14(21)6-7-16-15(22)19-11-4-5-12-13(8-11)23-10(2)18-12/h4-5,8-9H,3,6-7H2,1-2H3,(H2,16,19,22). The van der Waals surface area contributed by atoms with Crippen molar-refractivity contribution >= 4 is 33.3 Å². The van der Waals surface area contributed by atoms with Crippen molar-refractivity contribution in [1.29, 1.82) is 0 Å². The van der Waals surface area contributed by atoms with Gasteiger partial charge in [-0.1, -0.05) is 0 Å². The van der Waals surface area contributed by atoms with Crippen LogP contribution in [0.3, 0.4) is 0 Å². The predicted molar refractivity (Wildman–Crippen MR) is 90.8 cm³/mol. The molecule has 0 unspecified atom stereocenters. The van der Waals surface area contributed by atoms with Crippen molar-refractivity contribution in [2.75, 3.05) is 11.9 Å². The molecule has 1 aromatic carbocycles. The first kappa shape index (κ1) is 15.4. The summed E-state index contributed by atoms with van der Waals surface area (Å²) in [5, 5.41) is 14.6. The van der Waals surface area contributed by atoms with Gasteiger partial charge >= 0.3 is 6.03 Å². The Kier molecular flexibility index (Phi) is 4.52. The van der Waals surface area contributed by atoms with Crippen LogP contribution in [0.1, 0.15) is 17.8 Å². The molecule has 0 aliphatic carbocycles. The van der Waals surface area contributed by atoms with E-state index in [1.165, 1.54) is 0 Å². The van der Waals surface area contributed by atoms with Crippen LogP contribution in [-0.4, -0.2) is 32.3 Å². The van der Waals surface area contributed by atoms with Crippen LogP contribution in [0.25, 0.3) is 10.2 Å². The highest BCUT2D eigenvalue weighted by Gasteiger charge is 2.06. The average molecular weight is 330 g/mol. The Morgan fingerprint density at radius 2 is 2.26 bits per heavy atom. The highest BCUT2D eigenvalue weighted by molar-refractivity contribution is 7.18. The van der Waals surface area contributed by atoms with Gasteiger partial charge in [-0.25, -0.2) is 9.78 Å². The third-order valence-corrected chi connectivity index (χ3v) is 4.36. The number of thiazole rings is 1. The van der Waals surface area contributed by atoms with Gasteiger partial charge in [-0.05, 0) is 32.0 Å². The van der Waals surface area contributed by atoms with Crippen LogP contribution in [0, 0.1) is 6.92 Å². The molecular formula is C15H18N6OS. The first-order chi connectivity index (χ1) is 11.2. The Hall–Kier alpha value is -2.48. The van der Waals surface area contributed by atoms with E-state index in [2.05, 4.69) is 25.8 Å². The van der Waals surface area contributed by atoms with E-state index in [1.54, 1.807) is 17.7 Å². The van der Waals surface area contributed by atoms with Crippen LogP contribution in [0.15, 0.2) is 24.5 Å². The van der Waals surface area contributed by atoms with E-state index >= 15 is 0 Å². The molecule has 0 aliphatic heterocycles. The van der Waals surface area contributed by atoms with Crippen molar-refractivity contribution < 1.29 is 4.79 Å². The molecule has 0 radical (unpaired) electrons. The number of carbonyl (C=O) groups is 1. The lowest BCUT2D eigenvalue weighted by molar-refractivity contribution is 0.252. The number of rotatable bonds is 5. The van der Waals surface area contributed by atoms with Crippen LogP contribution in [-0.2, 0) is 13.0 Å². The number of amides is 2. The van der Waals surface area contributed by atoms with Crippen molar-refractivity contribution in [2.24, 2.45) is 0 Å². The second-order valence-corrected chi connectivity index (χ2v) is 6.31. The number of hydrogen-bond acceptors (Lipinski definition) is 5. The molecule has 0 saturated carbocycles. The number of fused-ring (bicyclic) bond motifs is 1. The monoisotopic (exact) mass is 330 g/mol. The lowest BCUT2D eigenvalue weighted by atomic mass is 10.3. The van der Waals surface area contributed by atoms with E-state index in [-0.39, 0.29) is 6.03 Å². The molecule has 3 rings (SSSR count). The molecule has 0 spiro atoms. The van der Waals surface area contributed by atoms with E-state index in [9.17, 15) is 4.79 Å². The third-order valence-electron chi connectivity index (χ3n) is 3.42. The molecule has 8 heteroatoms. The fourth-order valence-corrected chi connectivity index (χ4v) is 3.18. The second kappa shape index (κ2) is 6.74. The molecule has 0 saturated heterocycles. The smallest absolute Gasteiger partial charge is 0.319 e. The van der Waals surface area contributed by atoms with Gasteiger partial charge < -0.3 is 15.2 Å². The van der Waals surface area contributed by atoms with Gasteiger partial charge in [0, 0.05) is 25.2 Å². The SMILES string of the molecule is CCn1cnnc1CCNC(=O)Nc1ccc2nc(C)sc2c1. The van der Waals surface area contributed by atoms with Gasteiger partial charge in [-0.3, -0.25) is 0 Å². The van der Waals surface area contributed by atoms with Gasteiger partial charge in [0.2, 0.25) is 0 Å². The molecule has 0 fully saturated rings. The van der Waals surface area contributed by atoms with Crippen molar-refractivity contribution in [2.45, 2.75) is 26.8 Å². The molecule has 7 nitrogen and oxygen atoms in total. The van der Waals surface area contributed by atoms with Gasteiger partial charge in [-0.15, -0.1) is 21.5 Å². The Morgan fingerprint density at radius 1 is 1.39 bits per heavy atom. The van der Waals surface area contributed by atoms with Gasteiger partial charge in [-0.2, -0.15) is 0 Å². The van der Waals surface area contributed by atoms with E-state index in [0.29, 0.717) is 13.0 Å². The van der Waals surface area contributed by atoms with Crippen LogP contribution < -0.4 is 10.6 Å². The summed E-state index contributed by atoms with van der Waals surface area (Å²) in [5.74, 6) is 0.870. The largest absolute Gasteiger partial charge is 0.337 e.